The van der Waals surface area contributed by atoms with Gasteiger partial charge in [0.2, 0.25) is 5.91 Å². The number of benzene rings is 1. The Bertz CT molecular complexity index is 751. The molecule has 26 heavy (non-hydrogen) atoms. The molecule has 1 aromatic heterocycles. The molecule has 0 radical (unpaired) electrons. The third-order valence-electron chi connectivity index (χ3n) is 5.54. The SMILES string of the molecule is O=C(NC1CCCN(c2cc(-c3ccc(Cl)cc3)[nH]n2)C1)C1CCCC1. The summed E-state index contributed by atoms with van der Waals surface area (Å²) < 4.78 is 0. The van der Waals surface area contributed by atoms with Gasteiger partial charge in [-0.15, -0.1) is 0 Å². The molecule has 0 spiro atoms. The van der Waals surface area contributed by atoms with Gasteiger partial charge in [-0.2, -0.15) is 5.10 Å². The molecule has 1 unspecified atom stereocenters. The number of nitrogens with one attached hydrogen (secondary N) is 2. The quantitative estimate of drug-likeness (QED) is 0.852. The largest absolute Gasteiger partial charge is 0.353 e. The summed E-state index contributed by atoms with van der Waals surface area (Å²) in [5, 5.41) is 11.6. The second-order valence-corrected chi connectivity index (χ2v) is 7.86. The molecule has 6 heteroatoms. The highest BCUT2D eigenvalue weighted by atomic mass is 35.5. The molecule has 1 amide bonds. The van der Waals surface area contributed by atoms with Crippen LogP contribution in [-0.4, -0.2) is 35.2 Å². The van der Waals surface area contributed by atoms with Crippen LogP contribution < -0.4 is 10.2 Å². The maximum absolute atomic E-state index is 12.4. The summed E-state index contributed by atoms with van der Waals surface area (Å²) in [6, 6.07) is 10.0. The molecule has 1 saturated carbocycles. The van der Waals surface area contributed by atoms with Crippen LogP contribution in [0.4, 0.5) is 5.82 Å². The number of H-pyrrole nitrogens is 1. The predicted molar refractivity (Wildman–Crippen MR) is 104 cm³/mol. The fourth-order valence-electron chi connectivity index (χ4n) is 4.06. The number of hydrogen-bond donors (Lipinski definition) is 2. The lowest BCUT2D eigenvalue weighted by Crippen LogP contribution is -2.49. The van der Waals surface area contributed by atoms with Crippen molar-refractivity contribution < 1.29 is 4.79 Å². The Balaban J connectivity index is 1.40. The highest BCUT2D eigenvalue weighted by molar-refractivity contribution is 6.30. The molecule has 4 rings (SSSR count). The summed E-state index contributed by atoms with van der Waals surface area (Å²) in [5.74, 6) is 1.42. The van der Waals surface area contributed by atoms with Crippen LogP contribution in [0.25, 0.3) is 11.3 Å². The smallest absolute Gasteiger partial charge is 0.223 e. The van der Waals surface area contributed by atoms with Gasteiger partial charge in [0.25, 0.3) is 0 Å². The standard InChI is InChI=1S/C20H25ClN4O/c21-16-9-7-14(8-10-16)18-12-19(24-23-18)25-11-3-6-17(13-25)22-20(26)15-4-1-2-5-15/h7-10,12,15,17H,1-6,11,13H2,(H,22,26)(H,23,24). The number of piperidine rings is 1. The first-order valence-electron chi connectivity index (χ1n) is 9.56. The minimum Gasteiger partial charge on any atom is -0.353 e. The molecule has 5 nitrogen and oxygen atoms in total. The van der Waals surface area contributed by atoms with Gasteiger partial charge in [-0.25, -0.2) is 0 Å². The Hall–Kier alpha value is -2.01. The fourth-order valence-corrected chi connectivity index (χ4v) is 4.19. The maximum Gasteiger partial charge on any atom is 0.223 e. The normalized spacial score (nSPS) is 21.1. The number of anilines is 1. The van der Waals surface area contributed by atoms with Gasteiger partial charge in [0.05, 0.1) is 5.69 Å². The van der Waals surface area contributed by atoms with E-state index in [2.05, 4.69) is 26.5 Å². The molecule has 2 fully saturated rings. The third kappa shape index (κ3) is 3.88. The average Bonchev–Trinajstić information content (AvgIpc) is 3.35. The fraction of sp³-hybridized carbons (Fsp3) is 0.500. The van der Waals surface area contributed by atoms with Gasteiger partial charge in [-0.1, -0.05) is 36.6 Å². The van der Waals surface area contributed by atoms with Crippen LogP contribution >= 0.6 is 11.6 Å². The molecule has 1 atom stereocenters. The molecular weight excluding hydrogens is 348 g/mol. The minimum atomic E-state index is 0.215. The minimum absolute atomic E-state index is 0.215. The summed E-state index contributed by atoms with van der Waals surface area (Å²) in [6.07, 6.45) is 6.59. The highest BCUT2D eigenvalue weighted by Gasteiger charge is 2.27. The van der Waals surface area contributed by atoms with E-state index in [-0.39, 0.29) is 17.9 Å². The number of amides is 1. The van der Waals surface area contributed by atoms with E-state index in [1.54, 1.807) is 0 Å². The second kappa shape index (κ2) is 7.70. The van der Waals surface area contributed by atoms with Crippen molar-refractivity contribution in [3.05, 3.63) is 35.4 Å². The van der Waals surface area contributed by atoms with Crippen LogP contribution in [0, 0.1) is 5.92 Å². The van der Waals surface area contributed by atoms with Gasteiger partial charge in [0.1, 0.15) is 0 Å². The van der Waals surface area contributed by atoms with Gasteiger partial charge in [-0.05, 0) is 43.4 Å². The second-order valence-electron chi connectivity index (χ2n) is 7.42. The van der Waals surface area contributed by atoms with Crippen molar-refractivity contribution in [1.29, 1.82) is 0 Å². The molecule has 138 valence electrons. The van der Waals surface area contributed by atoms with E-state index in [9.17, 15) is 4.79 Å². The molecule has 1 aliphatic carbocycles. The van der Waals surface area contributed by atoms with E-state index in [0.29, 0.717) is 0 Å². The lowest BCUT2D eigenvalue weighted by molar-refractivity contribution is -0.125. The number of nitrogens with zero attached hydrogens (tertiary/aromatic N) is 2. The number of aromatic amines is 1. The first kappa shape index (κ1) is 17.4. The van der Waals surface area contributed by atoms with E-state index in [4.69, 9.17) is 11.6 Å². The van der Waals surface area contributed by atoms with Crippen molar-refractivity contribution in [2.45, 2.75) is 44.6 Å². The number of rotatable bonds is 4. The Kier molecular flexibility index (Phi) is 5.16. The third-order valence-corrected chi connectivity index (χ3v) is 5.79. The van der Waals surface area contributed by atoms with Gasteiger partial charge >= 0.3 is 0 Å². The Morgan fingerprint density at radius 3 is 2.69 bits per heavy atom. The van der Waals surface area contributed by atoms with Gasteiger partial charge < -0.3 is 10.2 Å². The van der Waals surface area contributed by atoms with Crippen LogP contribution in [0.1, 0.15) is 38.5 Å². The molecule has 1 aromatic carbocycles. The summed E-state index contributed by atoms with van der Waals surface area (Å²) in [6.45, 7) is 1.80. The number of halogens is 1. The first-order chi connectivity index (χ1) is 12.7. The Morgan fingerprint density at radius 1 is 1.15 bits per heavy atom. The van der Waals surface area contributed by atoms with Crippen molar-refractivity contribution in [2.24, 2.45) is 5.92 Å². The number of aromatic nitrogens is 2. The molecular formula is C20H25ClN4O. The Morgan fingerprint density at radius 2 is 1.92 bits per heavy atom. The lowest BCUT2D eigenvalue weighted by atomic mass is 10.0. The van der Waals surface area contributed by atoms with E-state index >= 15 is 0 Å². The molecule has 1 saturated heterocycles. The van der Waals surface area contributed by atoms with Crippen molar-refractivity contribution >= 4 is 23.3 Å². The van der Waals surface area contributed by atoms with E-state index in [1.807, 2.05) is 24.3 Å². The summed E-state index contributed by atoms with van der Waals surface area (Å²) >= 11 is 5.96. The molecule has 2 N–H and O–H groups in total. The zero-order valence-corrected chi connectivity index (χ0v) is 15.6. The van der Waals surface area contributed by atoms with Crippen molar-refractivity contribution in [3.63, 3.8) is 0 Å². The van der Waals surface area contributed by atoms with E-state index < -0.39 is 0 Å². The van der Waals surface area contributed by atoms with Crippen LogP contribution in [-0.2, 0) is 4.79 Å². The number of carbonyl (C=O) groups is 1. The molecule has 2 aromatic rings. The zero-order chi connectivity index (χ0) is 17.9. The zero-order valence-electron chi connectivity index (χ0n) is 14.9. The summed E-state index contributed by atoms with van der Waals surface area (Å²) in [4.78, 5) is 14.7. The Labute approximate surface area is 159 Å². The van der Waals surface area contributed by atoms with Crippen LogP contribution in [0.5, 0.6) is 0 Å². The van der Waals surface area contributed by atoms with Crippen molar-refractivity contribution in [1.82, 2.24) is 15.5 Å². The molecule has 0 bridgehead atoms. The number of carbonyl (C=O) groups excluding carboxylic acids is 1. The van der Waals surface area contributed by atoms with Crippen LogP contribution in [0.2, 0.25) is 5.02 Å². The predicted octanol–water partition coefficient (Wildman–Crippen LogP) is 4.01. The first-order valence-corrected chi connectivity index (χ1v) is 9.93. The maximum atomic E-state index is 12.4. The van der Waals surface area contributed by atoms with Gasteiger partial charge in [0, 0.05) is 36.1 Å². The van der Waals surface area contributed by atoms with Gasteiger partial charge in [-0.3, -0.25) is 9.89 Å². The monoisotopic (exact) mass is 372 g/mol. The highest BCUT2D eigenvalue weighted by Crippen LogP contribution is 2.27. The van der Waals surface area contributed by atoms with Crippen molar-refractivity contribution in [3.8, 4) is 11.3 Å². The molecule has 1 aliphatic heterocycles. The molecule has 2 aliphatic rings. The lowest BCUT2D eigenvalue weighted by Gasteiger charge is -2.33. The topological polar surface area (TPSA) is 61.0 Å². The average molecular weight is 373 g/mol. The van der Waals surface area contributed by atoms with Gasteiger partial charge in [0.15, 0.2) is 5.82 Å². The summed E-state index contributed by atoms with van der Waals surface area (Å²) in [5.41, 5.74) is 2.05. The summed E-state index contributed by atoms with van der Waals surface area (Å²) in [7, 11) is 0. The van der Waals surface area contributed by atoms with Crippen molar-refractivity contribution in [2.75, 3.05) is 18.0 Å². The molecule has 2 heterocycles. The van der Waals surface area contributed by atoms with Crippen LogP contribution in [0.15, 0.2) is 30.3 Å². The number of hydrogen-bond acceptors (Lipinski definition) is 3. The van der Waals surface area contributed by atoms with E-state index in [1.165, 1.54) is 12.8 Å². The van der Waals surface area contributed by atoms with E-state index in [0.717, 1.165) is 60.9 Å². The van der Waals surface area contributed by atoms with Crippen LogP contribution in [0.3, 0.4) is 0 Å².